The third-order valence-electron chi connectivity index (χ3n) is 6.72. The lowest BCUT2D eigenvalue weighted by Gasteiger charge is -2.28. The van der Waals surface area contributed by atoms with E-state index in [2.05, 4.69) is 10.3 Å². The van der Waals surface area contributed by atoms with Crippen molar-refractivity contribution in [2.45, 2.75) is 36.3 Å². The van der Waals surface area contributed by atoms with Crippen LogP contribution >= 0.6 is 23.4 Å². The number of halogens is 7. The number of aromatic nitrogens is 2. The fraction of sp³-hybridized carbons (Fsp3) is 0.258. The number of hydrogen-bond donors (Lipinski definition) is 4. The minimum Gasteiger partial charge on any atom is -0.495 e. The topological polar surface area (TPSA) is 135 Å². The lowest BCUT2D eigenvalue weighted by Crippen LogP contribution is -2.33. The van der Waals surface area contributed by atoms with Gasteiger partial charge in [-0.2, -0.15) is 13.2 Å². The Morgan fingerprint density at radius 1 is 1.08 bits per heavy atom. The number of aliphatic carboxylic acids is 1. The van der Waals surface area contributed by atoms with E-state index in [0.29, 0.717) is 21.6 Å². The molecule has 0 bridgehead atoms. The summed E-state index contributed by atoms with van der Waals surface area (Å²) in [6.45, 7) is 4.29. The molecule has 4 rings (SSSR count). The van der Waals surface area contributed by atoms with E-state index in [-0.39, 0.29) is 36.2 Å². The molecule has 0 unspecified atom stereocenters. The number of rotatable bonds is 11. The maximum Gasteiger partial charge on any atom is 0.490 e. The summed E-state index contributed by atoms with van der Waals surface area (Å²) >= 11 is 7.39. The summed E-state index contributed by atoms with van der Waals surface area (Å²) in [5.41, 5.74) is 6.75. The Hall–Kier alpha value is -4.57. The molecule has 0 saturated heterocycles. The molecule has 258 valence electrons. The van der Waals surface area contributed by atoms with Gasteiger partial charge in [-0.05, 0) is 42.0 Å². The van der Waals surface area contributed by atoms with Gasteiger partial charge in [0.2, 0.25) is 0 Å². The predicted molar refractivity (Wildman–Crippen MR) is 169 cm³/mol. The van der Waals surface area contributed by atoms with E-state index in [4.69, 9.17) is 42.1 Å². The highest BCUT2D eigenvalue weighted by atomic mass is 35.5. The van der Waals surface area contributed by atoms with Crippen molar-refractivity contribution in [1.29, 1.82) is 5.41 Å². The Morgan fingerprint density at radius 3 is 2.23 bits per heavy atom. The zero-order valence-electron chi connectivity index (χ0n) is 25.6. The molecular weight excluding hydrogens is 688 g/mol. The average molecular weight is 718 g/mol. The van der Waals surface area contributed by atoms with Gasteiger partial charge in [-0.3, -0.25) is 9.98 Å². The largest absolute Gasteiger partial charge is 0.495 e. The first-order valence-corrected chi connectivity index (χ1v) is 15.1. The number of methoxy groups -OCH3 is 1. The van der Waals surface area contributed by atoms with Gasteiger partial charge < -0.3 is 25.6 Å². The fourth-order valence-corrected chi connectivity index (χ4v) is 5.41. The first-order valence-electron chi connectivity index (χ1n) is 13.7. The second kappa shape index (κ2) is 16.0. The number of nitrogens with zero attached hydrogens (tertiary/aromatic N) is 2. The summed E-state index contributed by atoms with van der Waals surface area (Å²) in [7, 11) is 1.54. The van der Waals surface area contributed by atoms with Crippen molar-refractivity contribution in [2.24, 2.45) is 5.73 Å². The van der Waals surface area contributed by atoms with Gasteiger partial charge in [0, 0.05) is 34.6 Å². The molecule has 17 heteroatoms. The van der Waals surface area contributed by atoms with Gasteiger partial charge in [-0.15, -0.1) is 0 Å². The van der Waals surface area contributed by atoms with Gasteiger partial charge in [-0.25, -0.2) is 22.9 Å². The molecule has 0 radical (unpaired) electrons. The molecule has 0 aliphatic heterocycles. The zero-order chi connectivity index (χ0) is 35.8. The molecule has 0 fully saturated rings. The highest BCUT2D eigenvalue weighted by Gasteiger charge is 2.38. The third kappa shape index (κ3) is 9.73. The number of ether oxygens (including phenoxy) is 2. The summed E-state index contributed by atoms with van der Waals surface area (Å²) in [6, 6.07) is 13.7. The number of thioether (sulfide) groups is 1. The predicted octanol–water partition coefficient (Wildman–Crippen LogP) is 7.06. The van der Waals surface area contributed by atoms with Crippen LogP contribution in [-0.4, -0.2) is 53.0 Å². The van der Waals surface area contributed by atoms with Gasteiger partial charge in [0.1, 0.15) is 35.6 Å². The first kappa shape index (κ1) is 37.9. The summed E-state index contributed by atoms with van der Waals surface area (Å²) in [6.07, 6.45) is -3.38. The van der Waals surface area contributed by atoms with Crippen molar-refractivity contribution in [1.82, 2.24) is 14.9 Å². The summed E-state index contributed by atoms with van der Waals surface area (Å²) < 4.78 is 88.0. The molecule has 1 aromatic heterocycles. The number of guanidine groups is 1. The highest BCUT2D eigenvalue weighted by Crippen LogP contribution is 2.39. The summed E-state index contributed by atoms with van der Waals surface area (Å²) in [4.78, 5) is 13.5. The van der Waals surface area contributed by atoms with Crippen LogP contribution in [0, 0.1) is 22.9 Å². The number of carbonyl (C=O) groups is 1. The number of carboxylic acids is 1. The van der Waals surface area contributed by atoms with Crippen LogP contribution in [0.5, 0.6) is 11.5 Å². The van der Waals surface area contributed by atoms with E-state index in [1.165, 1.54) is 19.2 Å². The smallest absolute Gasteiger partial charge is 0.490 e. The normalized spacial score (nSPS) is 11.4. The maximum absolute atomic E-state index is 14.9. The standard InChI is InChI=1S/C29H29ClF3N5O2S.C2HF3O2/c1-29(2,17-4-9-22(30)25(12-17)39-3)26-15-37-28(38(26)19-7-5-18(31)6-8-19)41-16-21-23(32)13-20(14-24(21)33)40-11-10-36-27(34)35;3-2(4,5)1(6)7/h4-9,12-15H,10-11,16H2,1-3H3,(H4,34,35,36);(H,6,7). The lowest BCUT2D eigenvalue weighted by molar-refractivity contribution is -0.192. The van der Waals surface area contributed by atoms with Gasteiger partial charge in [-0.1, -0.05) is 43.3 Å². The molecule has 4 aromatic rings. The van der Waals surface area contributed by atoms with E-state index in [0.717, 1.165) is 35.2 Å². The van der Waals surface area contributed by atoms with Crippen LogP contribution < -0.4 is 20.5 Å². The molecule has 0 atom stereocenters. The van der Waals surface area contributed by atoms with Crippen LogP contribution in [0.2, 0.25) is 5.02 Å². The van der Waals surface area contributed by atoms with Crippen LogP contribution in [0.3, 0.4) is 0 Å². The van der Waals surface area contributed by atoms with Crippen molar-refractivity contribution >= 4 is 35.3 Å². The van der Waals surface area contributed by atoms with Crippen molar-refractivity contribution in [3.05, 3.63) is 100 Å². The number of nitrogens with two attached hydrogens (primary N) is 1. The van der Waals surface area contributed by atoms with Crippen LogP contribution in [0.25, 0.3) is 5.69 Å². The van der Waals surface area contributed by atoms with Crippen LogP contribution in [0.15, 0.2) is 66.0 Å². The maximum atomic E-state index is 14.9. The number of hydrogen-bond acceptors (Lipinski definition) is 6. The molecule has 3 aromatic carbocycles. The van der Waals surface area contributed by atoms with Crippen LogP contribution in [0.4, 0.5) is 26.3 Å². The van der Waals surface area contributed by atoms with Gasteiger partial charge in [0.15, 0.2) is 11.1 Å². The van der Waals surface area contributed by atoms with E-state index in [1.54, 1.807) is 24.4 Å². The SMILES string of the molecule is COc1cc(C(C)(C)c2cnc(SCc3c(F)cc(OCCNC(=N)N)cc3F)n2-c2ccc(F)cc2)ccc1Cl.O=C(O)C(F)(F)F. The molecule has 0 saturated carbocycles. The molecule has 0 aliphatic rings. The van der Waals surface area contributed by atoms with Crippen molar-refractivity contribution in [3.8, 4) is 17.2 Å². The first-order chi connectivity index (χ1) is 22.4. The molecular formula is C31H30ClF6N5O4S. The molecule has 48 heavy (non-hydrogen) atoms. The van der Waals surface area contributed by atoms with Crippen molar-refractivity contribution in [2.75, 3.05) is 20.3 Å². The Kier molecular flexibility index (Phi) is 12.6. The zero-order valence-corrected chi connectivity index (χ0v) is 27.2. The average Bonchev–Trinajstić information content (AvgIpc) is 3.44. The van der Waals surface area contributed by atoms with Gasteiger partial charge in [0.25, 0.3) is 0 Å². The minimum atomic E-state index is -5.08. The number of carboxylic acid groups (broad SMARTS) is 1. The van der Waals surface area contributed by atoms with Crippen molar-refractivity contribution in [3.63, 3.8) is 0 Å². The summed E-state index contributed by atoms with van der Waals surface area (Å²) in [5, 5.41) is 17.7. The monoisotopic (exact) mass is 717 g/mol. The Bertz CT molecular complexity index is 1730. The number of benzene rings is 3. The Balaban J connectivity index is 0.000000804. The van der Waals surface area contributed by atoms with Crippen LogP contribution in [0.1, 0.15) is 30.7 Å². The van der Waals surface area contributed by atoms with E-state index < -0.39 is 35.0 Å². The van der Waals surface area contributed by atoms with E-state index >= 15 is 0 Å². The highest BCUT2D eigenvalue weighted by molar-refractivity contribution is 7.98. The van der Waals surface area contributed by atoms with Crippen LogP contribution in [-0.2, 0) is 16.0 Å². The molecule has 0 aliphatic carbocycles. The van der Waals surface area contributed by atoms with E-state index in [9.17, 15) is 26.3 Å². The Morgan fingerprint density at radius 2 is 1.69 bits per heavy atom. The van der Waals surface area contributed by atoms with Crippen molar-refractivity contribution < 1.29 is 45.7 Å². The van der Waals surface area contributed by atoms with Gasteiger partial charge in [0.05, 0.1) is 30.6 Å². The number of imidazole rings is 1. The molecule has 9 nitrogen and oxygen atoms in total. The van der Waals surface area contributed by atoms with E-state index in [1.807, 2.05) is 30.5 Å². The molecule has 0 spiro atoms. The van der Waals surface area contributed by atoms with Gasteiger partial charge >= 0.3 is 12.1 Å². The number of alkyl halides is 3. The Labute approximate surface area is 280 Å². The molecule has 1 heterocycles. The number of nitrogens with one attached hydrogen (secondary N) is 2. The summed E-state index contributed by atoms with van der Waals surface area (Å²) in [5.74, 6) is -4.42. The lowest BCUT2D eigenvalue weighted by atomic mass is 9.81. The third-order valence-corrected chi connectivity index (χ3v) is 8.01. The quantitative estimate of drug-likeness (QED) is 0.0426. The second-order valence-electron chi connectivity index (χ2n) is 10.4. The second-order valence-corrected chi connectivity index (χ2v) is 11.7. The molecule has 0 amide bonds. The molecule has 5 N–H and O–H groups in total. The minimum absolute atomic E-state index is 0.0225. The fourth-order valence-electron chi connectivity index (χ4n) is 4.21.